The zero-order valence-electron chi connectivity index (χ0n) is 13.2. The second kappa shape index (κ2) is 7.13. The highest BCUT2D eigenvalue weighted by molar-refractivity contribution is 7.92. The smallest absolute Gasteiger partial charge is 0.251 e. The van der Waals surface area contributed by atoms with Gasteiger partial charge in [0.25, 0.3) is 5.91 Å². The van der Waals surface area contributed by atoms with Crippen LogP contribution in [0.15, 0.2) is 24.3 Å². The maximum atomic E-state index is 12.3. The lowest BCUT2D eigenvalue weighted by molar-refractivity contribution is 0.0933. The molecule has 6 heteroatoms. The average molecular weight is 324 g/mol. The summed E-state index contributed by atoms with van der Waals surface area (Å²) < 4.78 is 24.2. The Kier molecular flexibility index (Phi) is 5.45. The summed E-state index contributed by atoms with van der Waals surface area (Å²) in [4.78, 5) is 12.3. The Labute approximate surface area is 132 Å². The van der Waals surface area contributed by atoms with Crippen LogP contribution in [0.1, 0.15) is 48.9 Å². The van der Waals surface area contributed by atoms with Crippen molar-refractivity contribution in [2.45, 2.75) is 44.6 Å². The SMILES string of the molecule is CN(c1ccc(C(=O)NC2CCCCCC2)cc1)S(C)(=O)=O. The quantitative estimate of drug-likeness (QED) is 0.866. The molecule has 1 fully saturated rings. The molecule has 1 N–H and O–H groups in total. The molecule has 5 nitrogen and oxygen atoms in total. The molecule has 0 saturated heterocycles. The fourth-order valence-corrected chi connectivity index (χ4v) is 3.21. The van der Waals surface area contributed by atoms with Crippen molar-refractivity contribution in [1.82, 2.24) is 5.32 Å². The highest BCUT2D eigenvalue weighted by Crippen LogP contribution is 2.19. The molecule has 0 bridgehead atoms. The molecule has 0 atom stereocenters. The largest absolute Gasteiger partial charge is 0.349 e. The highest BCUT2D eigenvalue weighted by Gasteiger charge is 2.16. The average Bonchev–Trinajstić information content (AvgIpc) is 2.74. The first-order valence-corrected chi connectivity index (χ1v) is 9.57. The molecule has 0 aromatic heterocycles. The zero-order chi connectivity index (χ0) is 16.2. The normalized spacial score (nSPS) is 16.8. The summed E-state index contributed by atoms with van der Waals surface area (Å²) in [6.07, 6.45) is 8.07. The molecular formula is C16H24N2O3S. The van der Waals surface area contributed by atoms with Crippen molar-refractivity contribution in [3.63, 3.8) is 0 Å². The predicted octanol–water partition coefficient (Wildman–Crippen LogP) is 2.54. The van der Waals surface area contributed by atoms with Gasteiger partial charge in [0.15, 0.2) is 0 Å². The highest BCUT2D eigenvalue weighted by atomic mass is 32.2. The van der Waals surface area contributed by atoms with Gasteiger partial charge in [0.2, 0.25) is 10.0 Å². The van der Waals surface area contributed by atoms with Crippen molar-refractivity contribution >= 4 is 21.6 Å². The second-order valence-corrected chi connectivity index (χ2v) is 7.95. The standard InChI is InChI=1S/C16H24N2O3S/c1-18(22(2,20)21)15-11-9-13(10-12-15)16(19)17-14-7-5-3-4-6-8-14/h9-12,14H,3-8H2,1-2H3,(H,17,19). The summed E-state index contributed by atoms with van der Waals surface area (Å²) in [5.74, 6) is -0.0829. The van der Waals surface area contributed by atoms with Crippen molar-refractivity contribution in [2.24, 2.45) is 0 Å². The van der Waals surface area contributed by atoms with Gasteiger partial charge in [0.1, 0.15) is 0 Å². The van der Waals surface area contributed by atoms with Crippen LogP contribution in [0.2, 0.25) is 0 Å². The number of sulfonamides is 1. The summed E-state index contributed by atoms with van der Waals surface area (Å²) in [7, 11) is -1.79. The third-order valence-electron chi connectivity index (χ3n) is 4.18. The van der Waals surface area contributed by atoms with Crippen LogP contribution in [0.25, 0.3) is 0 Å². The molecule has 1 aliphatic rings. The number of nitrogens with zero attached hydrogens (tertiary/aromatic N) is 1. The molecule has 0 aliphatic heterocycles. The van der Waals surface area contributed by atoms with Crippen molar-refractivity contribution in [2.75, 3.05) is 17.6 Å². The Hall–Kier alpha value is -1.56. The van der Waals surface area contributed by atoms with Gasteiger partial charge >= 0.3 is 0 Å². The van der Waals surface area contributed by atoms with Gasteiger partial charge in [-0.05, 0) is 37.1 Å². The van der Waals surface area contributed by atoms with Gasteiger partial charge in [-0.25, -0.2) is 8.42 Å². The van der Waals surface area contributed by atoms with Gasteiger partial charge in [0, 0.05) is 18.7 Å². The van der Waals surface area contributed by atoms with E-state index >= 15 is 0 Å². The van der Waals surface area contributed by atoms with Crippen LogP contribution in [-0.4, -0.2) is 33.7 Å². The lowest BCUT2D eigenvalue weighted by Crippen LogP contribution is -2.34. The van der Waals surface area contributed by atoms with E-state index in [1.807, 2.05) is 0 Å². The van der Waals surface area contributed by atoms with Crippen LogP contribution in [0.3, 0.4) is 0 Å². The molecule has 1 aromatic rings. The third kappa shape index (κ3) is 4.47. The van der Waals surface area contributed by atoms with E-state index in [9.17, 15) is 13.2 Å². The van der Waals surface area contributed by atoms with Crippen LogP contribution < -0.4 is 9.62 Å². The van der Waals surface area contributed by atoms with E-state index in [2.05, 4.69) is 5.32 Å². The maximum Gasteiger partial charge on any atom is 0.251 e. The van der Waals surface area contributed by atoms with E-state index in [0.717, 1.165) is 19.1 Å². The van der Waals surface area contributed by atoms with Gasteiger partial charge < -0.3 is 5.32 Å². The molecule has 1 saturated carbocycles. The first-order chi connectivity index (χ1) is 10.4. The summed E-state index contributed by atoms with van der Waals surface area (Å²) >= 11 is 0. The maximum absolute atomic E-state index is 12.3. The predicted molar refractivity (Wildman–Crippen MR) is 88.6 cm³/mol. The van der Waals surface area contributed by atoms with Gasteiger partial charge in [-0.2, -0.15) is 0 Å². The number of benzene rings is 1. The second-order valence-electron chi connectivity index (χ2n) is 5.94. The van der Waals surface area contributed by atoms with Gasteiger partial charge in [0.05, 0.1) is 11.9 Å². The summed E-state index contributed by atoms with van der Waals surface area (Å²) in [6, 6.07) is 6.91. The minimum absolute atomic E-state index is 0.0829. The summed E-state index contributed by atoms with van der Waals surface area (Å²) in [5.41, 5.74) is 1.11. The molecule has 1 amide bonds. The van der Waals surface area contributed by atoms with E-state index in [-0.39, 0.29) is 11.9 Å². The lowest BCUT2D eigenvalue weighted by atomic mass is 10.1. The minimum Gasteiger partial charge on any atom is -0.349 e. The van der Waals surface area contributed by atoms with E-state index in [1.165, 1.54) is 37.0 Å². The number of carbonyl (C=O) groups is 1. The molecule has 0 radical (unpaired) electrons. The molecule has 22 heavy (non-hydrogen) atoms. The topological polar surface area (TPSA) is 66.5 Å². The van der Waals surface area contributed by atoms with Gasteiger partial charge in [-0.3, -0.25) is 9.10 Å². The zero-order valence-corrected chi connectivity index (χ0v) is 14.0. The molecular weight excluding hydrogens is 300 g/mol. The van der Waals surface area contributed by atoms with Crippen molar-refractivity contribution in [1.29, 1.82) is 0 Å². The number of carbonyl (C=O) groups excluding carboxylic acids is 1. The molecule has 1 aromatic carbocycles. The third-order valence-corrected chi connectivity index (χ3v) is 5.39. The lowest BCUT2D eigenvalue weighted by Gasteiger charge is -2.18. The molecule has 0 spiro atoms. The molecule has 122 valence electrons. The summed E-state index contributed by atoms with van der Waals surface area (Å²) in [6.45, 7) is 0. The van der Waals surface area contributed by atoms with E-state index < -0.39 is 10.0 Å². The molecule has 0 heterocycles. The number of anilines is 1. The Morgan fingerprint density at radius 2 is 1.64 bits per heavy atom. The number of hydrogen-bond donors (Lipinski definition) is 1. The van der Waals surface area contributed by atoms with Crippen molar-refractivity contribution < 1.29 is 13.2 Å². The fourth-order valence-electron chi connectivity index (χ4n) is 2.71. The Morgan fingerprint density at radius 1 is 1.09 bits per heavy atom. The fraction of sp³-hybridized carbons (Fsp3) is 0.562. The van der Waals surface area contributed by atoms with E-state index in [1.54, 1.807) is 24.3 Å². The van der Waals surface area contributed by atoms with Crippen LogP contribution in [0.5, 0.6) is 0 Å². The first kappa shape index (κ1) is 16.8. The number of hydrogen-bond acceptors (Lipinski definition) is 3. The molecule has 0 unspecified atom stereocenters. The van der Waals surface area contributed by atoms with E-state index in [4.69, 9.17) is 0 Å². The Balaban J connectivity index is 2.01. The van der Waals surface area contributed by atoms with Crippen LogP contribution >= 0.6 is 0 Å². The Morgan fingerprint density at radius 3 is 2.14 bits per heavy atom. The molecule has 1 aliphatic carbocycles. The van der Waals surface area contributed by atoms with E-state index in [0.29, 0.717) is 11.3 Å². The Bertz CT molecular complexity index is 603. The molecule has 2 rings (SSSR count). The monoisotopic (exact) mass is 324 g/mol. The van der Waals surface area contributed by atoms with Crippen LogP contribution in [0, 0.1) is 0 Å². The number of nitrogens with one attached hydrogen (secondary N) is 1. The summed E-state index contributed by atoms with van der Waals surface area (Å²) in [5, 5.41) is 3.08. The minimum atomic E-state index is -3.28. The first-order valence-electron chi connectivity index (χ1n) is 7.73. The van der Waals surface area contributed by atoms with Gasteiger partial charge in [-0.15, -0.1) is 0 Å². The van der Waals surface area contributed by atoms with Gasteiger partial charge in [-0.1, -0.05) is 25.7 Å². The van der Waals surface area contributed by atoms with Crippen LogP contribution in [0.4, 0.5) is 5.69 Å². The number of rotatable bonds is 4. The van der Waals surface area contributed by atoms with Crippen molar-refractivity contribution in [3.8, 4) is 0 Å². The van der Waals surface area contributed by atoms with Crippen LogP contribution in [-0.2, 0) is 10.0 Å². The van der Waals surface area contributed by atoms with Crippen molar-refractivity contribution in [3.05, 3.63) is 29.8 Å². The number of amides is 1.